The minimum atomic E-state index is -0.0982. The van der Waals surface area contributed by atoms with Gasteiger partial charge in [0.25, 0.3) is 0 Å². The van der Waals surface area contributed by atoms with E-state index >= 15 is 0 Å². The summed E-state index contributed by atoms with van der Waals surface area (Å²) in [7, 11) is 0. The fourth-order valence-corrected chi connectivity index (χ4v) is 2.10. The Labute approximate surface area is 128 Å². The van der Waals surface area contributed by atoms with Crippen LogP contribution in [0.3, 0.4) is 0 Å². The first-order chi connectivity index (χ1) is 10.1. The van der Waals surface area contributed by atoms with E-state index in [1.54, 1.807) is 12.1 Å². The van der Waals surface area contributed by atoms with Crippen LogP contribution < -0.4 is 10.6 Å². The van der Waals surface area contributed by atoms with E-state index in [4.69, 9.17) is 16.9 Å². The Morgan fingerprint density at radius 1 is 1.24 bits per heavy atom. The molecular formula is C16H14ClN3O. The van der Waals surface area contributed by atoms with Crippen LogP contribution in [-0.4, -0.2) is 5.91 Å². The Morgan fingerprint density at radius 2 is 2.05 bits per heavy atom. The van der Waals surface area contributed by atoms with Gasteiger partial charge in [0.15, 0.2) is 0 Å². The Kier molecular flexibility index (Phi) is 4.81. The molecule has 1 amide bonds. The van der Waals surface area contributed by atoms with Gasteiger partial charge in [-0.25, -0.2) is 0 Å². The summed E-state index contributed by atoms with van der Waals surface area (Å²) in [6.07, 6.45) is 0. The van der Waals surface area contributed by atoms with Crippen molar-refractivity contribution in [2.75, 3.05) is 10.6 Å². The highest BCUT2D eigenvalue weighted by atomic mass is 35.5. The lowest BCUT2D eigenvalue weighted by Crippen LogP contribution is -2.06. The highest BCUT2D eigenvalue weighted by Gasteiger charge is 2.02. The van der Waals surface area contributed by atoms with Gasteiger partial charge in [-0.3, -0.25) is 4.79 Å². The number of carbonyl (C=O) groups is 1. The summed E-state index contributed by atoms with van der Waals surface area (Å²) in [5, 5.41) is 15.2. The molecule has 2 aromatic carbocycles. The zero-order valence-electron chi connectivity index (χ0n) is 11.5. The zero-order valence-corrected chi connectivity index (χ0v) is 12.2. The summed E-state index contributed by atoms with van der Waals surface area (Å²) in [5.41, 5.74) is 3.08. The van der Waals surface area contributed by atoms with Gasteiger partial charge in [0.2, 0.25) is 5.91 Å². The molecular weight excluding hydrogens is 286 g/mol. The number of benzene rings is 2. The van der Waals surface area contributed by atoms with Crippen molar-refractivity contribution in [2.45, 2.75) is 13.5 Å². The second kappa shape index (κ2) is 6.78. The minimum absolute atomic E-state index is 0.0982. The number of nitrogens with zero attached hydrogens (tertiary/aromatic N) is 1. The van der Waals surface area contributed by atoms with Crippen molar-refractivity contribution in [3.8, 4) is 6.07 Å². The van der Waals surface area contributed by atoms with Crippen molar-refractivity contribution < 1.29 is 4.79 Å². The van der Waals surface area contributed by atoms with Gasteiger partial charge in [-0.1, -0.05) is 23.7 Å². The van der Waals surface area contributed by atoms with E-state index in [0.717, 1.165) is 16.9 Å². The number of nitrogens with one attached hydrogen (secondary N) is 2. The van der Waals surface area contributed by atoms with E-state index < -0.39 is 0 Å². The standard InChI is InChI=1S/C16H14ClN3O/c1-11(21)20-15-4-2-3-12(7-15)10-19-14-6-5-13(9-18)16(17)8-14/h2-8,19H,10H2,1H3,(H,20,21). The van der Waals surface area contributed by atoms with Crippen molar-refractivity contribution >= 4 is 28.9 Å². The van der Waals surface area contributed by atoms with Gasteiger partial charge in [0, 0.05) is 24.8 Å². The minimum Gasteiger partial charge on any atom is -0.381 e. The molecule has 21 heavy (non-hydrogen) atoms. The maximum atomic E-state index is 11.0. The molecule has 0 atom stereocenters. The summed E-state index contributed by atoms with van der Waals surface area (Å²) in [6, 6.07) is 14.8. The van der Waals surface area contributed by atoms with E-state index in [2.05, 4.69) is 10.6 Å². The molecule has 0 aliphatic carbocycles. The molecule has 2 aromatic rings. The van der Waals surface area contributed by atoms with Crippen LogP contribution in [0.1, 0.15) is 18.1 Å². The number of anilines is 2. The molecule has 2 rings (SSSR count). The quantitative estimate of drug-likeness (QED) is 0.903. The van der Waals surface area contributed by atoms with Crippen LogP contribution in [0, 0.1) is 11.3 Å². The number of halogens is 1. The van der Waals surface area contributed by atoms with E-state index in [1.807, 2.05) is 36.4 Å². The largest absolute Gasteiger partial charge is 0.381 e. The van der Waals surface area contributed by atoms with Crippen molar-refractivity contribution in [1.29, 1.82) is 5.26 Å². The summed E-state index contributed by atoms with van der Waals surface area (Å²) in [5.74, 6) is -0.0982. The summed E-state index contributed by atoms with van der Waals surface area (Å²) in [4.78, 5) is 11.0. The molecule has 0 bridgehead atoms. The van der Waals surface area contributed by atoms with Gasteiger partial charge in [-0.2, -0.15) is 5.26 Å². The molecule has 0 aliphatic rings. The zero-order chi connectivity index (χ0) is 15.2. The lowest BCUT2D eigenvalue weighted by molar-refractivity contribution is -0.114. The van der Waals surface area contributed by atoms with Crippen LogP contribution in [0.4, 0.5) is 11.4 Å². The van der Waals surface area contributed by atoms with Crippen molar-refractivity contribution in [3.05, 3.63) is 58.6 Å². The summed E-state index contributed by atoms with van der Waals surface area (Å²) >= 11 is 5.98. The summed E-state index contributed by atoms with van der Waals surface area (Å²) < 4.78 is 0. The molecule has 5 heteroatoms. The predicted molar refractivity (Wildman–Crippen MR) is 84.2 cm³/mol. The van der Waals surface area contributed by atoms with Gasteiger partial charge in [0.1, 0.15) is 6.07 Å². The number of rotatable bonds is 4. The predicted octanol–water partition coefficient (Wildman–Crippen LogP) is 3.78. The van der Waals surface area contributed by atoms with Crippen LogP contribution in [0.25, 0.3) is 0 Å². The van der Waals surface area contributed by atoms with Gasteiger partial charge in [0.05, 0.1) is 10.6 Å². The molecule has 0 spiro atoms. The Hall–Kier alpha value is -2.51. The Morgan fingerprint density at radius 3 is 2.71 bits per heavy atom. The first-order valence-corrected chi connectivity index (χ1v) is 6.76. The SMILES string of the molecule is CC(=O)Nc1cccc(CNc2ccc(C#N)c(Cl)c2)c1. The van der Waals surface area contributed by atoms with Crippen LogP contribution in [0.15, 0.2) is 42.5 Å². The lowest BCUT2D eigenvalue weighted by atomic mass is 10.2. The first kappa shape index (κ1) is 14.9. The highest BCUT2D eigenvalue weighted by Crippen LogP contribution is 2.21. The van der Waals surface area contributed by atoms with Gasteiger partial charge in [-0.05, 0) is 35.9 Å². The number of amides is 1. The number of nitriles is 1. The van der Waals surface area contributed by atoms with Gasteiger partial charge >= 0.3 is 0 Å². The molecule has 0 aliphatic heterocycles. The third-order valence-electron chi connectivity index (χ3n) is 2.83. The molecule has 106 valence electrons. The van der Waals surface area contributed by atoms with Crippen LogP contribution in [-0.2, 0) is 11.3 Å². The molecule has 0 unspecified atom stereocenters. The fraction of sp³-hybridized carbons (Fsp3) is 0.125. The molecule has 0 aromatic heterocycles. The second-order valence-corrected chi connectivity index (χ2v) is 4.95. The lowest BCUT2D eigenvalue weighted by Gasteiger charge is -2.09. The maximum Gasteiger partial charge on any atom is 0.221 e. The second-order valence-electron chi connectivity index (χ2n) is 4.54. The average molecular weight is 300 g/mol. The fourth-order valence-electron chi connectivity index (χ4n) is 1.88. The smallest absolute Gasteiger partial charge is 0.221 e. The Bertz CT molecular complexity index is 707. The van der Waals surface area contributed by atoms with Crippen molar-refractivity contribution in [2.24, 2.45) is 0 Å². The van der Waals surface area contributed by atoms with E-state index in [-0.39, 0.29) is 5.91 Å². The van der Waals surface area contributed by atoms with E-state index in [9.17, 15) is 4.79 Å². The monoisotopic (exact) mass is 299 g/mol. The molecule has 0 saturated carbocycles. The topological polar surface area (TPSA) is 64.9 Å². The maximum absolute atomic E-state index is 11.0. The molecule has 0 fully saturated rings. The molecule has 0 saturated heterocycles. The van der Waals surface area contributed by atoms with Crippen molar-refractivity contribution in [1.82, 2.24) is 0 Å². The summed E-state index contributed by atoms with van der Waals surface area (Å²) in [6.45, 7) is 2.07. The molecule has 0 heterocycles. The number of hydrogen-bond acceptors (Lipinski definition) is 3. The number of hydrogen-bond donors (Lipinski definition) is 2. The van der Waals surface area contributed by atoms with Crippen molar-refractivity contribution in [3.63, 3.8) is 0 Å². The molecule has 4 nitrogen and oxygen atoms in total. The highest BCUT2D eigenvalue weighted by molar-refractivity contribution is 6.32. The first-order valence-electron chi connectivity index (χ1n) is 6.38. The third kappa shape index (κ3) is 4.23. The molecule has 0 radical (unpaired) electrons. The Balaban J connectivity index is 2.04. The average Bonchev–Trinajstić information content (AvgIpc) is 2.45. The van der Waals surface area contributed by atoms with Crippen LogP contribution in [0.2, 0.25) is 5.02 Å². The van der Waals surface area contributed by atoms with Gasteiger partial charge < -0.3 is 10.6 Å². The van der Waals surface area contributed by atoms with E-state index in [0.29, 0.717) is 17.1 Å². The van der Waals surface area contributed by atoms with Crippen LogP contribution in [0.5, 0.6) is 0 Å². The third-order valence-corrected chi connectivity index (χ3v) is 3.15. The van der Waals surface area contributed by atoms with Gasteiger partial charge in [-0.15, -0.1) is 0 Å². The normalized spacial score (nSPS) is 9.76. The number of carbonyl (C=O) groups excluding carboxylic acids is 1. The van der Waals surface area contributed by atoms with E-state index in [1.165, 1.54) is 6.92 Å². The molecule has 2 N–H and O–H groups in total. The van der Waals surface area contributed by atoms with Crippen LogP contribution >= 0.6 is 11.6 Å².